The summed E-state index contributed by atoms with van der Waals surface area (Å²) in [6.45, 7) is 0.756. The highest BCUT2D eigenvalue weighted by Gasteiger charge is 2.26. The van der Waals surface area contributed by atoms with Gasteiger partial charge in [0.25, 0.3) is 0 Å². The average molecular weight is 285 g/mol. The van der Waals surface area contributed by atoms with Crippen molar-refractivity contribution in [3.05, 3.63) is 30.0 Å². The molecule has 1 aromatic heterocycles. The number of carbonyl (C=O) groups excluding carboxylic acids is 1. The maximum Gasteiger partial charge on any atom is 0.142 e. The Morgan fingerprint density at radius 1 is 1.29 bits per heavy atom. The topological polar surface area (TPSA) is 60.9 Å². The molecule has 21 heavy (non-hydrogen) atoms. The van der Waals surface area contributed by atoms with Crippen molar-refractivity contribution in [2.24, 2.45) is 24.6 Å². The fraction of sp³-hybridized carbons (Fsp3) is 0.529. The number of Topliss-reactive ketones (excluding diaryl/α,β-unsaturated/α-hetero) is 1. The van der Waals surface area contributed by atoms with Crippen molar-refractivity contribution in [2.45, 2.75) is 32.1 Å². The summed E-state index contributed by atoms with van der Waals surface area (Å²) < 4.78 is 1.86. The summed E-state index contributed by atoms with van der Waals surface area (Å²) in [5.41, 5.74) is 7.72. The third kappa shape index (κ3) is 2.86. The van der Waals surface area contributed by atoms with Gasteiger partial charge in [0.2, 0.25) is 0 Å². The molecule has 3 rings (SSSR count). The molecule has 1 saturated carbocycles. The Balaban J connectivity index is 1.72. The van der Waals surface area contributed by atoms with E-state index in [4.69, 9.17) is 5.73 Å². The fourth-order valence-corrected chi connectivity index (χ4v) is 3.45. The molecule has 0 radical (unpaired) electrons. The smallest absolute Gasteiger partial charge is 0.142 e. The van der Waals surface area contributed by atoms with Crippen molar-refractivity contribution in [1.29, 1.82) is 0 Å². The van der Waals surface area contributed by atoms with Gasteiger partial charge in [-0.2, -0.15) is 5.10 Å². The van der Waals surface area contributed by atoms with Crippen LogP contribution in [0.5, 0.6) is 0 Å². The second kappa shape index (κ2) is 5.98. The lowest BCUT2D eigenvalue weighted by Crippen LogP contribution is -2.26. The van der Waals surface area contributed by atoms with Gasteiger partial charge >= 0.3 is 0 Å². The first kappa shape index (κ1) is 14.3. The molecule has 1 aliphatic rings. The quantitative estimate of drug-likeness (QED) is 0.938. The van der Waals surface area contributed by atoms with E-state index < -0.39 is 0 Å². The highest BCUT2D eigenvalue weighted by Crippen LogP contribution is 2.30. The summed E-state index contributed by atoms with van der Waals surface area (Å²) in [6, 6.07) is 8.10. The van der Waals surface area contributed by atoms with E-state index in [9.17, 15) is 4.79 Å². The first-order valence-corrected chi connectivity index (χ1v) is 7.82. The Morgan fingerprint density at radius 2 is 2.00 bits per heavy atom. The number of aryl methyl sites for hydroxylation is 1. The predicted octanol–water partition coefficient (Wildman–Crippen LogP) is 2.45. The zero-order chi connectivity index (χ0) is 14.8. The molecule has 1 aliphatic carbocycles. The van der Waals surface area contributed by atoms with E-state index in [1.165, 1.54) is 0 Å². The van der Waals surface area contributed by atoms with Crippen molar-refractivity contribution in [3.63, 3.8) is 0 Å². The zero-order valence-electron chi connectivity index (χ0n) is 12.6. The zero-order valence-corrected chi connectivity index (χ0v) is 12.6. The summed E-state index contributed by atoms with van der Waals surface area (Å²) in [4.78, 5) is 12.5. The first-order chi connectivity index (χ1) is 10.2. The van der Waals surface area contributed by atoms with E-state index in [1.54, 1.807) is 0 Å². The Bertz CT molecular complexity index is 639. The summed E-state index contributed by atoms with van der Waals surface area (Å²) in [7, 11) is 1.93. The van der Waals surface area contributed by atoms with Gasteiger partial charge in [-0.25, -0.2) is 0 Å². The fourth-order valence-electron chi connectivity index (χ4n) is 3.45. The molecule has 112 valence electrons. The molecule has 0 spiro atoms. The van der Waals surface area contributed by atoms with E-state index in [-0.39, 0.29) is 5.92 Å². The van der Waals surface area contributed by atoms with Crippen LogP contribution >= 0.6 is 0 Å². The molecular weight excluding hydrogens is 262 g/mol. The lowest BCUT2D eigenvalue weighted by Gasteiger charge is -2.26. The molecule has 1 aromatic carbocycles. The lowest BCUT2D eigenvalue weighted by atomic mass is 9.79. The number of nitrogens with zero attached hydrogens (tertiary/aromatic N) is 2. The number of nitrogens with two attached hydrogens (primary N) is 1. The van der Waals surface area contributed by atoms with Crippen LogP contribution in [0.15, 0.2) is 24.3 Å². The van der Waals surface area contributed by atoms with E-state index in [0.717, 1.165) is 48.8 Å². The maximum absolute atomic E-state index is 12.5. The Labute approximate surface area is 125 Å². The minimum absolute atomic E-state index is 0.202. The van der Waals surface area contributed by atoms with Crippen LogP contribution < -0.4 is 5.73 Å². The van der Waals surface area contributed by atoms with E-state index in [2.05, 4.69) is 11.2 Å². The van der Waals surface area contributed by atoms with Crippen LogP contribution in [0.2, 0.25) is 0 Å². The minimum atomic E-state index is 0.202. The van der Waals surface area contributed by atoms with E-state index in [0.29, 0.717) is 18.1 Å². The van der Waals surface area contributed by atoms with Crippen LogP contribution in [-0.4, -0.2) is 22.1 Å². The summed E-state index contributed by atoms with van der Waals surface area (Å²) in [6.07, 6.45) is 4.63. The van der Waals surface area contributed by atoms with Gasteiger partial charge in [0, 0.05) is 18.4 Å². The third-order valence-electron chi connectivity index (χ3n) is 4.81. The molecule has 0 atom stereocenters. The Kier molecular flexibility index (Phi) is 4.06. The van der Waals surface area contributed by atoms with Crippen LogP contribution in [-0.2, 0) is 18.3 Å². The molecule has 0 bridgehead atoms. The van der Waals surface area contributed by atoms with E-state index >= 15 is 0 Å². The molecule has 4 nitrogen and oxygen atoms in total. The number of fused-ring (bicyclic) bond motifs is 1. The van der Waals surface area contributed by atoms with Gasteiger partial charge in [0.15, 0.2) is 0 Å². The van der Waals surface area contributed by atoms with Gasteiger partial charge < -0.3 is 5.73 Å². The SMILES string of the molecule is Cn1nc(CC(=O)C2CCC(CN)CC2)c2ccccc21. The molecule has 1 heterocycles. The van der Waals surface area contributed by atoms with Crippen molar-refractivity contribution in [3.8, 4) is 0 Å². The van der Waals surface area contributed by atoms with Crippen LogP contribution in [0.25, 0.3) is 10.9 Å². The summed E-state index contributed by atoms with van der Waals surface area (Å²) >= 11 is 0. The molecule has 0 aliphatic heterocycles. The number of ketones is 1. The molecule has 4 heteroatoms. The van der Waals surface area contributed by atoms with Gasteiger partial charge in [0.1, 0.15) is 5.78 Å². The predicted molar refractivity (Wildman–Crippen MR) is 83.9 cm³/mol. The Hall–Kier alpha value is -1.68. The van der Waals surface area contributed by atoms with Crippen molar-refractivity contribution in [2.75, 3.05) is 6.54 Å². The van der Waals surface area contributed by atoms with Crippen molar-refractivity contribution >= 4 is 16.7 Å². The number of aromatic nitrogens is 2. The van der Waals surface area contributed by atoms with Crippen LogP contribution in [0.3, 0.4) is 0 Å². The second-order valence-corrected chi connectivity index (χ2v) is 6.18. The van der Waals surface area contributed by atoms with Crippen molar-refractivity contribution < 1.29 is 4.79 Å². The second-order valence-electron chi connectivity index (χ2n) is 6.18. The number of para-hydroxylation sites is 1. The van der Waals surface area contributed by atoms with Crippen LogP contribution in [0, 0.1) is 11.8 Å². The van der Waals surface area contributed by atoms with Gasteiger partial charge in [0.05, 0.1) is 17.6 Å². The molecule has 0 saturated heterocycles. The Morgan fingerprint density at radius 3 is 2.71 bits per heavy atom. The molecule has 2 aromatic rings. The van der Waals surface area contributed by atoms with Crippen LogP contribution in [0.4, 0.5) is 0 Å². The standard InChI is InChI=1S/C17H23N3O/c1-20-16-5-3-2-4-14(16)15(19-20)10-17(21)13-8-6-12(11-18)7-9-13/h2-5,12-13H,6-11,18H2,1H3. The highest BCUT2D eigenvalue weighted by atomic mass is 16.1. The number of hydrogen-bond acceptors (Lipinski definition) is 3. The van der Waals surface area contributed by atoms with Gasteiger partial charge in [-0.15, -0.1) is 0 Å². The third-order valence-corrected chi connectivity index (χ3v) is 4.81. The monoisotopic (exact) mass is 285 g/mol. The minimum Gasteiger partial charge on any atom is -0.330 e. The highest BCUT2D eigenvalue weighted by molar-refractivity contribution is 5.89. The molecule has 0 unspecified atom stereocenters. The molecule has 0 amide bonds. The lowest BCUT2D eigenvalue weighted by molar-refractivity contribution is -0.123. The molecular formula is C17H23N3O. The number of carbonyl (C=O) groups is 1. The number of hydrogen-bond donors (Lipinski definition) is 1. The van der Waals surface area contributed by atoms with Gasteiger partial charge in [-0.1, -0.05) is 18.2 Å². The number of benzene rings is 1. The largest absolute Gasteiger partial charge is 0.330 e. The normalized spacial score (nSPS) is 22.6. The maximum atomic E-state index is 12.5. The van der Waals surface area contributed by atoms with Gasteiger partial charge in [-0.05, 0) is 44.2 Å². The first-order valence-electron chi connectivity index (χ1n) is 7.82. The molecule has 1 fully saturated rings. The van der Waals surface area contributed by atoms with Crippen LogP contribution in [0.1, 0.15) is 31.4 Å². The number of rotatable bonds is 4. The summed E-state index contributed by atoms with van der Waals surface area (Å²) in [5.74, 6) is 1.16. The van der Waals surface area contributed by atoms with Crippen molar-refractivity contribution in [1.82, 2.24) is 9.78 Å². The summed E-state index contributed by atoms with van der Waals surface area (Å²) in [5, 5.41) is 5.63. The molecule has 2 N–H and O–H groups in total. The van der Waals surface area contributed by atoms with Gasteiger partial charge in [-0.3, -0.25) is 9.48 Å². The average Bonchev–Trinajstić information content (AvgIpc) is 2.84. The van der Waals surface area contributed by atoms with E-state index in [1.807, 2.05) is 29.9 Å².